The number of methoxy groups -OCH3 is 1. The van der Waals surface area contributed by atoms with E-state index in [2.05, 4.69) is 0 Å². The number of aliphatic hydroxyl groups excluding tert-OH is 1. The van der Waals surface area contributed by atoms with Gasteiger partial charge >= 0.3 is 0 Å². The van der Waals surface area contributed by atoms with Gasteiger partial charge in [-0.15, -0.1) is 0 Å². The Bertz CT molecular complexity index is 1010. The van der Waals surface area contributed by atoms with E-state index in [0.29, 0.717) is 17.0 Å². The molecular weight excluding hydrogens is 366 g/mol. The first-order valence-corrected chi connectivity index (χ1v) is 9.59. The maximum Gasteiger partial charge on any atom is 0.294 e. The van der Waals surface area contributed by atoms with Crippen molar-refractivity contribution in [3.63, 3.8) is 0 Å². The molecule has 5 heteroatoms. The number of aliphatic hydroxyl groups is 1. The summed E-state index contributed by atoms with van der Waals surface area (Å²) in [5.74, 6) is -0.702. The van der Waals surface area contributed by atoms with E-state index in [1.165, 1.54) is 4.90 Å². The van der Waals surface area contributed by atoms with Crippen LogP contribution in [0.2, 0.25) is 0 Å². The minimum atomic E-state index is -0.752. The van der Waals surface area contributed by atoms with Crippen LogP contribution in [0.25, 0.3) is 0 Å². The Kier molecular flexibility index (Phi) is 5.26. The Morgan fingerprint density at radius 1 is 1.10 bits per heavy atom. The number of amides is 1. The first-order chi connectivity index (χ1) is 13.6. The summed E-state index contributed by atoms with van der Waals surface area (Å²) in [6, 6.07) is 12.2. The van der Waals surface area contributed by atoms with Crippen molar-refractivity contribution in [1.29, 1.82) is 0 Å². The van der Waals surface area contributed by atoms with Gasteiger partial charge in [0.05, 0.1) is 18.7 Å². The second kappa shape index (κ2) is 7.39. The third kappa shape index (κ3) is 3.53. The highest BCUT2D eigenvalue weighted by atomic mass is 16.5. The summed E-state index contributed by atoms with van der Waals surface area (Å²) >= 11 is 0. The second-order valence-electron chi connectivity index (χ2n) is 8.41. The van der Waals surface area contributed by atoms with Crippen molar-refractivity contribution in [2.24, 2.45) is 5.41 Å². The number of hydrogen-bond donors (Lipinski definition) is 1. The fraction of sp³-hybridized carbons (Fsp3) is 0.333. The number of carbonyl (C=O) groups excluding carboxylic acids is 2. The molecule has 0 aromatic heterocycles. The van der Waals surface area contributed by atoms with Crippen molar-refractivity contribution >= 4 is 17.4 Å². The molecular formula is C24H27NO4. The number of carbonyl (C=O) groups is 2. The molecule has 29 heavy (non-hydrogen) atoms. The van der Waals surface area contributed by atoms with Crippen LogP contribution in [0.4, 0.5) is 5.69 Å². The normalized spacial score (nSPS) is 17.1. The summed E-state index contributed by atoms with van der Waals surface area (Å²) in [4.78, 5) is 28.0. The Hall–Kier alpha value is -3.08. The fourth-order valence-electron chi connectivity index (χ4n) is 3.61. The van der Waals surface area contributed by atoms with Crippen LogP contribution in [-0.2, 0) is 9.59 Å². The van der Waals surface area contributed by atoms with E-state index in [9.17, 15) is 14.7 Å². The van der Waals surface area contributed by atoms with Crippen LogP contribution in [0.3, 0.4) is 0 Å². The molecule has 0 fully saturated rings. The van der Waals surface area contributed by atoms with Crippen molar-refractivity contribution in [2.75, 3.05) is 12.0 Å². The number of hydrogen-bond acceptors (Lipinski definition) is 4. The molecule has 2 aromatic carbocycles. The molecule has 2 aromatic rings. The van der Waals surface area contributed by atoms with Gasteiger partial charge in [0.15, 0.2) is 11.5 Å². The topological polar surface area (TPSA) is 66.8 Å². The largest absolute Gasteiger partial charge is 0.503 e. The Morgan fingerprint density at radius 3 is 2.38 bits per heavy atom. The van der Waals surface area contributed by atoms with E-state index in [1.807, 2.05) is 44.2 Å². The molecule has 0 bridgehead atoms. The van der Waals surface area contributed by atoms with Crippen molar-refractivity contribution < 1.29 is 19.4 Å². The van der Waals surface area contributed by atoms with Crippen molar-refractivity contribution in [3.05, 3.63) is 70.5 Å². The van der Waals surface area contributed by atoms with Crippen LogP contribution in [0.15, 0.2) is 53.8 Å². The molecule has 3 rings (SSSR count). The molecule has 1 unspecified atom stereocenters. The van der Waals surface area contributed by atoms with Gasteiger partial charge in [-0.1, -0.05) is 45.0 Å². The predicted octanol–water partition coefficient (Wildman–Crippen LogP) is 4.83. The molecule has 5 nitrogen and oxygen atoms in total. The summed E-state index contributed by atoms with van der Waals surface area (Å²) in [5.41, 5.74) is 2.69. The van der Waals surface area contributed by atoms with Crippen LogP contribution in [0, 0.1) is 19.3 Å². The summed E-state index contributed by atoms with van der Waals surface area (Å²) in [6.07, 6.45) is 0. The fourth-order valence-corrected chi connectivity index (χ4v) is 3.61. The summed E-state index contributed by atoms with van der Waals surface area (Å²) in [5, 5.41) is 10.8. The Morgan fingerprint density at radius 2 is 1.76 bits per heavy atom. The molecule has 1 N–H and O–H groups in total. The zero-order chi connectivity index (χ0) is 21.5. The molecule has 1 aliphatic heterocycles. The number of anilines is 1. The number of Topliss-reactive ketones (excluding diaryl/α,β-unsaturated/α-hetero) is 1. The standard InChI is InChI=1S/C24H27NO4/c1-14-9-7-12-18(15(14)2)25-20(16-10-8-11-17(13-16)29-6)19(21(26)23(25)28)22(27)24(3,4)5/h7-13,20,26H,1-6H3. The first-order valence-electron chi connectivity index (χ1n) is 9.59. The number of ketones is 1. The lowest BCUT2D eigenvalue weighted by atomic mass is 9.82. The molecule has 0 radical (unpaired) electrons. The zero-order valence-corrected chi connectivity index (χ0v) is 17.7. The Labute approximate surface area is 171 Å². The number of benzene rings is 2. The molecule has 1 amide bonds. The molecule has 152 valence electrons. The van der Waals surface area contributed by atoms with Crippen LogP contribution in [-0.4, -0.2) is 23.9 Å². The van der Waals surface area contributed by atoms with E-state index in [1.54, 1.807) is 40.0 Å². The van der Waals surface area contributed by atoms with Gasteiger partial charge in [-0.3, -0.25) is 14.5 Å². The van der Waals surface area contributed by atoms with Crippen LogP contribution in [0.5, 0.6) is 5.75 Å². The summed E-state index contributed by atoms with van der Waals surface area (Å²) in [7, 11) is 1.57. The molecule has 1 atom stereocenters. The highest BCUT2D eigenvalue weighted by molar-refractivity contribution is 6.17. The molecule has 0 aliphatic carbocycles. The van der Waals surface area contributed by atoms with Gasteiger partial charge in [0.2, 0.25) is 0 Å². The third-order valence-corrected chi connectivity index (χ3v) is 5.38. The van der Waals surface area contributed by atoms with Crippen molar-refractivity contribution in [3.8, 4) is 5.75 Å². The average Bonchev–Trinajstić information content (AvgIpc) is 2.94. The van der Waals surface area contributed by atoms with E-state index in [4.69, 9.17) is 4.74 Å². The minimum Gasteiger partial charge on any atom is -0.503 e. The molecule has 0 saturated heterocycles. The third-order valence-electron chi connectivity index (χ3n) is 5.38. The average molecular weight is 393 g/mol. The van der Waals surface area contributed by atoms with E-state index >= 15 is 0 Å². The Balaban J connectivity index is 2.27. The first kappa shape index (κ1) is 20.6. The highest BCUT2D eigenvalue weighted by Gasteiger charge is 2.47. The summed E-state index contributed by atoms with van der Waals surface area (Å²) in [6.45, 7) is 9.24. The van der Waals surface area contributed by atoms with Gasteiger partial charge in [0, 0.05) is 11.1 Å². The molecule has 0 saturated carbocycles. The summed E-state index contributed by atoms with van der Waals surface area (Å²) < 4.78 is 5.35. The van der Waals surface area contributed by atoms with Crippen LogP contribution >= 0.6 is 0 Å². The maximum atomic E-state index is 13.3. The van der Waals surface area contributed by atoms with Gasteiger partial charge in [-0.05, 0) is 48.7 Å². The number of ether oxygens (including phenoxy) is 1. The lowest BCUT2D eigenvalue weighted by Gasteiger charge is -2.30. The smallest absolute Gasteiger partial charge is 0.294 e. The quantitative estimate of drug-likeness (QED) is 0.808. The van der Waals surface area contributed by atoms with Gasteiger partial charge in [0.25, 0.3) is 5.91 Å². The maximum absolute atomic E-state index is 13.3. The minimum absolute atomic E-state index is 0.122. The monoisotopic (exact) mass is 393 g/mol. The number of aryl methyl sites for hydroxylation is 1. The van der Waals surface area contributed by atoms with E-state index < -0.39 is 23.1 Å². The number of nitrogens with zero attached hydrogens (tertiary/aromatic N) is 1. The highest BCUT2D eigenvalue weighted by Crippen LogP contribution is 2.45. The van der Waals surface area contributed by atoms with Crippen molar-refractivity contribution in [1.82, 2.24) is 0 Å². The van der Waals surface area contributed by atoms with Gasteiger partial charge in [-0.2, -0.15) is 0 Å². The zero-order valence-electron chi connectivity index (χ0n) is 17.7. The molecule has 0 spiro atoms. The van der Waals surface area contributed by atoms with Gasteiger partial charge in [-0.25, -0.2) is 0 Å². The SMILES string of the molecule is COc1cccc(C2C(C(=O)C(C)(C)C)=C(O)C(=O)N2c2cccc(C)c2C)c1. The lowest BCUT2D eigenvalue weighted by molar-refractivity contribution is -0.123. The van der Waals surface area contributed by atoms with Gasteiger partial charge in [0.1, 0.15) is 5.75 Å². The van der Waals surface area contributed by atoms with E-state index in [-0.39, 0.29) is 11.4 Å². The molecule has 1 heterocycles. The van der Waals surface area contributed by atoms with Crippen LogP contribution < -0.4 is 9.64 Å². The predicted molar refractivity (Wildman–Crippen MR) is 113 cm³/mol. The van der Waals surface area contributed by atoms with Crippen molar-refractivity contribution in [2.45, 2.75) is 40.7 Å². The number of rotatable bonds is 4. The van der Waals surface area contributed by atoms with E-state index in [0.717, 1.165) is 11.1 Å². The molecule has 1 aliphatic rings. The van der Waals surface area contributed by atoms with Gasteiger partial charge < -0.3 is 9.84 Å². The van der Waals surface area contributed by atoms with Crippen LogP contribution in [0.1, 0.15) is 43.5 Å². The lowest BCUT2D eigenvalue weighted by Crippen LogP contribution is -2.33. The second-order valence-corrected chi connectivity index (χ2v) is 8.41.